The fourth-order valence-corrected chi connectivity index (χ4v) is 3.08. The van der Waals surface area contributed by atoms with Crippen LogP contribution in [0.5, 0.6) is 0 Å². The molecule has 1 unspecified atom stereocenters. The maximum Gasteiger partial charge on any atom is 0.323 e. The monoisotopic (exact) mass is 333 g/mol. The Morgan fingerprint density at radius 3 is 2.50 bits per heavy atom. The van der Waals surface area contributed by atoms with Gasteiger partial charge < -0.3 is 14.8 Å². The SMILES string of the molecule is CCC(CC)NC(Cc1ccccc1)C(=O)OCC1CCOCC1. The molecule has 134 valence electrons. The van der Waals surface area contributed by atoms with Crippen molar-refractivity contribution in [2.75, 3.05) is 19.8 Å². The second-order valence-electron chi connectivity index (χ2n) is 6.61. The van der Waals surface area contributed by atoms with Crippen LogP contribution in [0.2, 0.25) is 0 Å². The minimum atomic E-state index is -0.280. The number of hydrogen-bond donors (Lipinski definition) is 1. The van der Waals surface area contributed by atoms with Crippen LogP contribution in [0, 0.1) is 5.92 Å². The van der Waals surface area contributed by atoms with E-state index in [9.17, 15) is 4.79 Å². The van der Waals surface area contributed by atoms with Gasteiger partial charge in [-0.1, -0.05) is 44.2 Å². The molecule has 1 aromatic rings. The molecule has 0 saturated carbocycles. The zero-order valence-corrected chi connectivity index (χ0v) is 15.0. The average molecular weight is 333 g/mol. The Morgan fingerprint density at radius 1 is 1.21 bits per heavy atom. The van der Waals surface area contributed by atoms with E-state index in [1.807, 2.05) is 18.2 Å². The van der Waals surface area contributed by atoms with E-state index >= 15 is 0 Å². The molecule has 0 aliphatic carbocycles. The molecule has 0 spiro atoms. The highest BCUT2D eigenvalue weighted by Gasteiger charge is 2.24. The summed E-state index contributed by atoms with van der Waals surface area (Å²) < 4.78 is 11.0. The third-order valence-electron chi connectivity index (χ3n) is 4.79. The number of carbonyl (C=O) groups excluding carboxylic acids is 1. The van der Waals surface area contributed by atoms with E-state index in [-0.39, 0.29) is 12.0 Å². The van der Waals surface area contributed by atoms with Gasteiger partial charge in [0.25, 0.3) is 0 Å². The van der Waals surface area contributed by atoms with E-state index in [1.165, 1.54) is 0 Å². The molecule has 1 atom stereocenters. The Balaban J connectivity index is 1.93. The molecule has 0 bridgehead atoms. The number of carbonyl (C=O) groups is 1. The summed E-state index contributed by atoms with van der Waals surface area (Å²) in [6, 6.07) is 10.2. The highest BCUT2D eigenvalue weighted by Crippen LogP contribution is 2.16. The first kappa shape index (κ1) is 18.9. The molecular formula is C20H31NO3. The van der Waals surface area contributed by atoms with Gasteiger partial charge in [-0.2, -0.15) is 0 Å². The van der Waals surface area contributed by atoms with Crippen molar-refractivity contribution in [1.82, 2.24) is 5.32 Å². The van der Waals surface area contributed by atoms with Crippen LogP contribution >= 0.6 is 0 Å². The second-order valence-corrected chi connectivity index (χ2v) is 6.61. The van der Waals surface area contributed by atoms with Crippen molar-refractivity contribution in [3.63, 3.8) is 0 Å². The van der Waals surface area contributed by atoms with Crippen molar-refractivity contribution in [3.05, 3.63) is 35.9 Å². The summed E-state index contributed by atoms with van der Waals surface area (Å²) in [5, 5.41) is 3.49. The van der Waals surface area contributed by atoms with E-state index < -0.39 is 0 Å². The van der Waals surface area contributed by atoms with Gasteiger partial charge >= 0.3 is 5.97 Å². The molecule has 0 amide bonds. The van der Waals surface area contributed by atoms with Crippen LogP contribution in [0.4, 0.5) is 0 Å². The minimum Gasteiger partial charge on any atom is -0.464 e. The molecular weight excluding hydrogens is 302 g/mol. The van der Waals surface area contributed by atoms with Crippen molar-refractivity contribution < 1.29 is 14.3 Å². The van der Waals surface area contributed by atoms with Gasteiger partial charge in [-0.25, -0.2) is 0 Å². The van der Waals surface area contributed by atoms with Gasteiger partial charge in [-0.15, -0.1) is 0 Å². The van der Waals surface area contributed by atoms with Crippen molar-refractivity contribution in [2.45, 2.75) is 58.0 Å². The molecule has 1 aliphatic rings. The first-order chi connectivity index (χ1) is 11.7. The van der Waals surface area contributed by atoms with Gasteiger partial charge in [0, 0.05) is 19.3 Å². The summed E-state index contributed by atoms with van der Waals surface area (Å²) in [5.74, 6) is 0.311. The van der Waals surface area contributed by atoms with Crippen LogP contribution in [-0.4, -0.2) is 37.9 Å². The Kier molecular flexibility index (Phi) is 8.26. The van der Waals surface area contributed by atoms with E-state index in [1.54, 1.807) is 0 Å². The fourth-order valence-electron chi connectivity index (χ4n) is 3.08. The van der Waals surface area contributed by atoms with Crippen LogP contribution in [0.25, 0.3) is 0 Å². The Bertz CT molecular complexity index is 467. The Hall–Kier alpha value is -1.39. The van der Waals surface area contributed by atoms with Gasteiger partial charge in [0.05, 0.1) is 6.61 Å². The fraction of sp³-hybridized carbons (Fsp3) is 0.650. The predicted octanol–water partition coefficient (Wildman–Crippen LogP) is 3.35. The number of benzene rings is 1. The molecule has 0 radical (unpaired) electrons. The van der Waals surface area contributed by atoms with Gasteiger partial charge in [0.2, 0.25) is 0 Å². The van der Waals surface area contributed by atoms with Crippen LogP contribution in [0.15, 0.2) is 30.3 Å². The number of esters is 1. The number of rotatable bonds is 9. The summed E-state index contributed by atoms with van der Waals surface area (Å²) in [5.41, 5.74) is 1.16. The average Bonchev–Trinajstić information content (AvgIpc) is 2.64. The van der Waals surface area contributed by atoms with E-state index in [4.69, 9.17) is 9.47 Å². The third-order valence-corrected chi connectivity index (χ3v) is 4.79. The topological polar surface area (TPSA) is 47.6 Å². The lowest BCUT2D eigenvalue weighted by atomic mass is 10.0. The summed E-state index contributed by atoms with van der Waals surface area (Å²) in [6.45, 7) is 6.36. The molecule has 4 nitrogen and oxygen atoms in total. The smallest absolute Gasteiger partial charge is 0.323 e. The number of nitrogens with one attached hydrogen (secondary N) is 1. The van der Waals surface area contributed by atoms with Crippen LogP contribution in [0.1, 0.15) is 45.1 Å². The summed E-state index contributed by atoms with van der Waals surface area (Å²) in [7, 11) is 0. The maximum absolute atomic E-state index is 12.6. The van der Waals surface area contributed by atoms with Gasteiger partial charge in [-0.3, -0.25) is 4.79 Å². The second kappa shape index (κ2) is 10.5. The quantitative estimate of drug-likeness (QED) is 0.704. The molecule has 0 aromatic heterocycles. The first-order valence-electron chi connectivity index (χ1n) is 9.27. The van der Waals surface area contributed by atoms with Crippen molar-refractivity contribution in [3.8, 4) is 0 Å². The molecule has 2 rings (SSSR count). The molecule has 1 aliphatic heterocycles. The third kappa shape index (κ3) is 6.25. The molecule has 1 heterocycles. The van der Waals surface area contributed by atoms with Gasteiger partial charge in [0.1, 0.15) is 6.04 Å². The number of ether oxygens (including phenoxy) is 2. The van der Waals surface area contributed by atoms with Crippen LogP contribution in [0.3, 0.4) is 0 Å². The summed E-state index contributed by atoms with van der Waals surface area (Å²) >= 11 is 0. The summed E-state index contributed by atoms with van der Waals surface area (Å²) in [4.78, 5) is 12.6. The van der Waals surface area contributed by atoms with E-state index in [0.717, 1.165) is 44.5 Å². The molecule has 4 heteroatoms. The predicted molar refractivity (Wildman–Crippen MR) is 95.9 cm³/mol. The lowest BCUT2D eigenvalue weighted by molar-refractivity contribution is -0.148. The minimum absolute atomic E-state index is 0.128. The molecule has 24 heavy (non-hydrogen) atoms. The highest BCUT2D eigenvalue weighted by molar-refractivity contribution is 5.76. The molecule has 1 N–H and O–H groups in total. The largest absolute Gasteiger partial charge is 0.464 e. The lowest BCUT2D eigenvalue weighted by Crippen LogP contribution is -2.45. The molecule has 1 saturated heterocycles. The maximum atomic E-state index is 12.6. The van der Waals surface area contributed by atoms with Crippen LogP contribution < -0.4 is 5.32 Å². The van der Waals surface area contributed by atoms with Crippen molar-refractivity contribution >= 4 is 5.97 Å². The summed E-state index contributed by atoms with van der Waals surface area (Å²) in [6.07, 6.45) is 4.65. The molecule has 1 aromatic carbocycles. The standard InChI is InChI=1S/C20H31NO3/c1-3-18(4-2)21-19(14-16-8-6-5-7-9-16)20(22)24-15-17-10-12-23-13-11-17/h5-9,17-19,21H,3-4,10-15H2,1-2H3. The Morgan fingerprint density at radius 2 is 1.88 bits per heavy atom. The van der Waals surface area contributed by atoms with Crippen LogP contribution in [-0.2, 0) is 20.7 Å². The Labute approximate surface area is 145 Å². The van der Waals surface area contributed by atoms with Crippen molar-refractivity contribution in [1.29, 1.82) is 0 Å². The van der Waals surface area contributed by atoms with Gasteiger partial charge in [0.15, 0.2) is 0 Å². The highest BCUT2D eigenvalue weighted by atomic mass is 16.5. The number of hydrogen-bond acceptors (Lipinski definition) is 4. The molecule has 1 fully saturated rings. The lowest BCUT2D eigenvalue weighted by Gasteiger charge is -2.25. The zero-order valence-electron chi connectivity index (χ0n) is 15.0. The van der Waals surface area contributed by atoms with Gasteiger partial charge in [-0.05, 0) is 43.6 Å². The van der Waals surface area contributed by atoms with E-state index in [0.29, 0.717) is 25.0 Å². The first-order valence-corrected chi connectivity index (χ1v) is 9.27. The zero-order chi connectivity index (χ0) is 17.2. The van der Waals surface area contributed by atoms with E-state index in [2.05, 4.69) is 31.3 Å². The van der Waals surface area contributed by atoms with Crippen molar-refractivity contribution in [2.24, 2.45) is 5.92 Å². The normalized spacial score (nSPS) is 17.0.